The van der Waals surface area contributed by atoms with Crippen molar-refractivity contribution >= 4 is 17.6 Å². The van der Waals surface area contributed by atoms with Crippen molar-refractivity contribution in [2.75, 3.05) is 12.8 Å². The van der Waals surface area contributed by atoms with Crippen LogP contribution in [0.4, 0.5) is 0 Å². The minimum absolute atomic E-state index is 0.113. The van der Waals surface area contributed by atoms with E-state index in [0.717, 1.165) is 6.07 Å². The van der Waals surface area contributed by atoms with Crippen molar-refractivity contribution in [3.63, 3.8) is 0 Å². The molecule has 0 radical (unpaired) electrons. The number of sulfone groups is 1. The summed E-state index contributed by atoms with van der Waals surface area (Å²) in [7, 11) is -8.08. The Morgan fingerprint density at radius 1 is 1.43 bits per heavy atom. The average Bonchev–Trinajstić information content (AvgIpc) is 2.35. The van der Waals surface area contributed by atoms with Gasteiger partial charge in [0.15, 0.2) is 9.84 Å². The first-order valence-electron chi connectivity index (χ1n) is 7.89. The van der Waals surface area contributed by atoms with Crippen LogP contribution in [0.5, 0.6) is 5.75 Å². The van der Waals surface area contributed by atoms with Gasteiger partial charge in [0.2, 0.25) is 0 Å². The highest BCUT2D eigenvalue weighted by molar-refractivity contribution is 7.90. The fourth-order valence-electron chi connectivity index (χ4n) is 1.70. The first-order valence-corrected chi connectivity index (χ1v) is 9.42. The second kappa shape index (κ2) is 6.92. The highest BCUT2D eigenvalue weighted by Crippen LogP contribution is 2.45. The lowest BCUT2D eigenvalue weighted by Crippen LogP contribution is -2.23. The molecule has 0 fully saturated rings. The van der Waals surface area contributed by atoms with Crippen LogP contribution in [0.1, 0.15) is 30.4 Å². The van der Waals surface area contributed by atoms with Gasteiger partial charge >= 0.3 is 7.75 Å². The predicted octanol–water partition coefficient (Wildman–Crippen LogP) is 2.92. The second-order valence-corrected chi connectivity index (χ2v) is 7.86. The summed E-state index contributed by atoms with van der Waals surface area (Å²) in [6.45, 7) is 6.79. The molecule has 0 aromatic heterocycles. The Hall–Kier alpha value is -0.880. The van der Waals surface area contributed by atoms with Gasteiger partial charge in [0.1, 0.15) is 5.75 Å². The largest absolute Gasteiger partial charge is 0.458 e. The third kappa shape index (κ3) is 5.43. The smallest absolute Gasteiger partial charge is 0.413 e. The van der Waals surface area contributed by atoms with E-state index in [4.69, 9.17) is 13.2 Å². The molecule has 0 aliphatic carbocycles. The van der Waals surface area contributed by atoms with E-state index in [0.29, 0.717) is 0 Å². The zero-order chi connectivity index (χ0) is 18.8. The zero-order valence-electron chi connectivity index (χ0n) is 15.4. The van der Waals surface area contributed by atoms with E-state index in [-0.39, 0.29) is 28.9 Å². The molecular formula is C13H22NO5PS. The number of hydrogen-bond donors (Lipinski definition) is 1. The first kappa shape index (κ1) is 13.8. The molecule has 120 valence electrons. The molecule has 1 atom stereocenters. The van der Waals surface area contributed by atoms with E-state index >= 15 is 0 Å². The fraction of sp³-hybridized carbons (Fsp3) is 0.538. The SMILES string of the molecule is [2H]C([2H])([2H])S(=O)(=O)c1ccc(OP(=O)(NC(C)C)OCC)cc1C. The van der Waals surface area contributed by atoms with Crippen LogP contribution >= 0.6 is 7.75 Å². The number of benzene rings is 1. The number of aryl methyl sites for hydroxylation is 1. The van der Waals surface area contributed by atoms with Crippen LogP contribution in [0.25, 0.3) is 0 Å². The maximum absolute atomic E-state index is 12.6. The van der Waals surface area contributed by atoms with Crippen LogP contribution in [-0.4, -0.2) is 27.3 Å². The number of hydrogen-bond acceptors (Lipinski definition) is 5. The maximum atomic E-state index is 12.6. The highest BCUT2D eigenvalue weighted by Gasteiger charge is 2.27. The third-order valence-corrected chi connectivity index (χ3v) is 5.30. The van der Waals surface area contributed by atoms with Crippen molar-refractivity contribution in [2.45, 2.75) is 38.6 Å². The Bertz CT molecular complexity index is 734. The molecule has 1 aromatic rings. The van der Waals surface area contributed by atoms with Gasteiger partial charge in [-0.15, -0.1) is 0 Å². The summed E-state index contributed by atoms with van der Waals surface area (Å²) in [6, 6.07) is 3.52. The Kier molecular flexibility index (Phi) is 4.53. The molecule has 0 spiro atoms. The van der Waals surface area contributed by atoms with Crippen LogP contribution in [0.3, 0.4) is 0 Å². The second-order valence-electron chi connectivity index (χ2n) is 4.72. The van der Waals surface area contributed by atoms with Crippen molar-refractivity contribution < 1.29 is 26.1 Å². The van der Waals surface area contributed by atoms with E-state index < -0.39 is 23.8 Å². The molecule has 1 unspecified atom stereocenters. The van der Waals surface area contributed by atoms with Crippen molar-refractivity contribution in [1.82, 2.24) is 5.09 Å². The molecule has 0 amide bonds. The van der Waals surface area contributed by atoms with Gasteiger partial charge < -0.3 is 4.52 Å². The van der Waals surface area contributed by atoms with Gasteiger partial charge in [0.25, 0.3) is 0 Å². The third-order valence-electron chi connectivity index (χ3n) is 2.38. The quantitative estimate of drug-likeness (QED) is 0.770. The van der Waals surface area contributed by atoms with Gasteiger partial charge in [-0.3, -0.25) is 4.52 Å². The van der Waals surface area contributed by atoms with Crippen LogP contribution in [0.15, 0.2) is 23.1 Å². The summed E-state index contributed by atoms with van der Waals surface area (Å²) < 4.78 is 68.6. The lowest BCUT2D eigenvalue weighted by molar-refractivity contribution is 0.265. The van der Waals surface area contributed by atoms with E-state index in [1.54, 1.807) is 20.8 Å². The fourth-order valence-corrected chi connectivity index (χ4v) is 3.97. The molecule has 1 rings (SSSR count). The Morgan fingerprint density at radius 2 is 2.10 bits per heavy atom. The van der Waals surface area contributed by atoms with Crippen LogP contribution in [-0.2, 0) is 18.9 Å². The van der Waals surface area contributed by atoms with E-state index in [2.05, 4.69) is 5.09 Å². The summed E-state index contributed by atoms with van der Waals surface area (Å²) in [4.78, 5) is -0.321. The summed E-state index contributed by atoms with van der Waals surface area (Å²) >= 11 is 0. The van der Waals surface area contributed by atoms with Crippen LogP contribution in [0.2, 0.25) is 0 Å². The molecule has 0 heterocycles. The van der Waals surface area contributed by atoms with E-state index in [1.807, 2.05) is 0 Å². The molecule has 8 heteroatoms. The maximum Gasteiger partial charge on any atom is 0.458 e. The van der Waals surface area contributed by atoms with Crippen molar-refractivity contribution in [1.29, 1.82) is 0 Å². The Labute approximate surface area is 130 Å². The summed E-state index contributed by atoms with van der Waals surface area (Å²) in [5.74, 6) is 0.113. The van der Waals surface area contributed by atoms with Gasteiger partial charge in [-0.2, -0.15) is 0 Å². The normalized spacial score (nSPS) is 17.7. The molecule has 1 aromatic carbocycles. The van der Waals surface area contributed by atoms with Crippen LogP contribution < -0.4 is 9.61 Å². The number of rotatable bonds is 7. The van der Waals surface area contributed by atoms with Gasteiger partial charge in [-0.1, -0.05) is 0 Å². The van der Waals surface area contributed by atoms with E-state index in [9.17, 15) is 13.0 Å². The monoisotopic (exact) mass is 338 g/mol. The molecule has 0 bridgehead atoms. The topological polar surface area (TPSA) is 81.7 Å². The molecule has 0 saturated heterocycles. The van der Waals surface area contributed by atoms with Crippen molar-refractivity contribution in [2.24, 2.45) is 0 Å². The van der Waals surface area contributed by atoms with E-state index in [1.165, 1.54) is 19.1 Å². The predicted molar refractivity (Wildman–Crippen MR) is 82.4 cm³/mol. The summed E-state index contributed by atoms with van der Waals surface area (Å²) in [6.07, 6.45) is -3.15. The van der Waals surface area contributed by atoms with Gasteiger partial charge in [-0.25, -0.2) is 18.1 Å². The lowest BCUT2D eigenvalue weighted by Gasteiger charge is -2.21. The number of nitrogens with one attached hydrogen (secondary N) is 1. The molecule has 1 N–H and O–H groups in total. The lowest BCUT2D eigenvalue weighted by atomic mass is 10.2. The Balaban J connectivity index is 3.18. The van der Waals surface area contributed by atoms with Crippen molar-refractivity contribution in [3.05, 3.63) is 23.8 Å². The molecule has 21 heavy (non-hydrogen) atoms. The van der Waals surface area contributed by atoms with Gasteiger partial charge in [0, 0.05) is 16.3 Å². The summed E-state index contributed by atoms with van der Waals surface area (Å²) in [5, 5.41) is 2.70. The first-order chi connectivity index (χ1) is 10.8. The Morgan fingerprint density at radius 3 is 2.57 bits per heavy atom. The standard InChI is InChI=1S/C13H22NO5PS/c1-6-18-20(15,14-10(2)3)19-12-7-8-13(11(4)9-12)21(5,16)17/h7-10H,6H2,1-5H3,(H,14,15)/i5D3. The molecule has 0 saturated carbocycles. The van der Waals surface area contributed by atoms with Crippen molar-refractivity contribution in [3.8, 4) is 5.75 Å². The molecule has 0 aliphatic heterocycles. The van der Waals surface area contributed by atoms with Crippen LogP contribution in [0, 0.1) is 6.92 Å². The summed E-state index contributed by atoms with van der Waals surface area (Å²) in [5.41, 5.74) is 0.177. The highest BCUT2D eigenvalue weighted by atomic mass is 32.2. The van der Waals surface area contributed by atoms with Gasteiger partial charge in [-0.05, 0) is 51.5 Å². The minimum atomic E-state index is -4.47. The zero-order valence-corrected chi connectivity index (χ0v) is 14.1. The molecule has 6 nitrogen and oxygen atoms in total. The molecular weight excluding hydrogens is 313 g/mol. The minimum Gasteiger partial charge on any atom is -0.413 e. The average molecular weight is 338 g/mol. The molecule has 0 aliphatic rings. The van der Waals surface area contributed by atoms with Gasteiger partial charge in [0.05, 0.1) is 11.5 Å².